The minimum atomic E-state index is -0.254. The normalized spacial score (nSPS) is 14.8. The Hall–Kier alpha value is -0.450. The second kappa shape index (κ2) is 6.33. The van der Waals surface area contributed by atoms with Crippen molar-refractivity contribution in [3.63, 3.8) is 0 Å². The van der Waals surface area contributed by atoms with E-state index in [2.05, 4.69) is 15.9 Å². The lowest BCUT2D eigenvalue weighted by molar-refractivity contribution is 0.0577. The average molecular weight is 290 g/mol. The van der Waals surface area contributed by atoms with E-state index in [1.54, 1.807) is 12.1 Å². The number of ether oxygens (including phenoxy) is 1. The van der Waals surface area contributed by atoms with Crippen molar-refractivity contribution < 1.29 is 9.13 Å². The van der Waals surface area contributed by atoms with Gasteiger partial charge in [0, 0.05) is 12.6 Å². The van der Waals surface area contributed by atoms with E-state index in [1.165, 1.54) is 6.07 Å². The van der Waals surface area contributed by atoms with E-state index >= 15 is 0 Å². The summed E-state index contributed by atoms with van der Waals surface area (Å²) in [5.41, 5.74) is 7.00. The molecular weight excluding hydrogens is 273 g/mol. The van der Waals surface area contributed by atoms with Crippen LogP contribution in [0.2, 0.25) is 0 Å². The van der Waals surface area contributed by atoms with Gasteiger partial charge in [-0.15, -0.1) is 0 Å². The molecule has 1 aromatic rings. The molecule has 4 heteroatoms. The van der Waals surface area contributed by atoms with E-state index in [0.717, 1.165) is 5.56 Å². The van der Waals surface area contributed by atoms with Gasteiger partial charge in [-0.1, -0.05) is 6.07 Å². The predicted molar refractivity (Wildman–Crippen MR) is 66.9 cm³/mol. The summed E-state index contributed by atoms with van der Waals surface area (Å²) in [5.74, 6) is -0.254. The maximum atomic E-state index is 13.0. The predicted octanol–water partition coefficient (Wildman–Crippen LogP) is 2.88. The molecule has 0 saturated heterocycles. The molecule has 90 valence electrons. The second-order valence-electron chi connectivity index (χ2n) is 3.78. The van der Waals surface area contributed by atoms with E-state index in [4.69, 9.17) is 10.5 Å². The van der Waals surface area contributed by atoms with Crippen LogP contribution in [0.3, 0.4) is 0 Å². The minimum Gasteiger partial charge on any atom is -0.377 e. The SMILES string of the molecule is CCOC(C)C(N)Cc1ccc(F)c(Br)c1. The van der Waals surface area contributed by atoms with Gasteiger partial charge in [0.1, 0.15) is 5.82 Å². The smallest absolute Gasteiger partial charge is 0.137 e. The zero-order chi connectivity index (χ0) is 12.1. The Balaban J connectivity index is 2.62. The lowest BCUT2D eigenvalue weighted by atomic mass is 10.0. The van der Waals surface area contributed by atoms with Crippen LogP contribution in [0.25, 0.3) is 0 Å². The van der Waals surface area contributed by atoms with Crippen molar-refractivity contribution in [3.8, 4) is 0 Å². The Labute approximate surface area is 104 Å². The molecule has 0 aromatic heterocycles. The zero-order valence-corrected chi connectivity index (χ0v) is 11.1. The first-order chi connectivity index (χ1) is 7.54. The summed E-state index contributed by atoms with van der Waals surface area (Å²) < 4.78 is 18.9. The van der Waals surface area contributed by atoms with Gasteiger partial charge in [0.2, 0.25) is 0 Å². The third kappa shape index (κ3) is 3.85. The molecule has 0 amide bonds. The Morgan fingerprint density at radius 3 is 2.75 bits per heavy atom. The Bertz CT molecular complexity index is 346. The van der Waals surface area contributed by atoms with Gasteiger partial charge in [-0.2, -0.15) is 0 Å². The molecule has 0 aliphatic carbocycles. The third-order valence-corrected chi connectivity index (χ3v) is 3.10. The quantitative estimate of drug-likeness (QED) is 0.905. The van der Waals surface area contributed by atoms with Gasteiger partial charge in [-0.25, -0.2) is 4.39 Å². The fourth-order valence-electron chi connectivity index (χ4n) is 1.49. The van der Waals surface area contributed by atoms with Gasteiger partial charge in [0.25, 0.3) is 0 Å². The van der Waals surface area contributed by atoms with Crippen LogP contribution in [0.1, 0.15) is 19.4 Å². The summed E-state index contributed by atoms with van der Waals surface area (Å²) >= 11 is 3.16. The summed E-state index contributed by atoms with van der Waals surface area (Å²) in [5, 5.41) is 0. The van der Waals surface area contributed by atoms with E-state index in [9.17, 15) is 4.39 Å². The first kappa shape index (κ1) is 13.6. The Morgan fingerprint density at radius 1 is 1.50 bits per heavy atom. The number of benzene rings is 1. The van der Waals surface area contributed by atoms with Crippen molar-refractivity contribution in [2.24, 2.45) is 5.73 Å². The van der Waals surface area contributed by atoms with E-state index in [1.807, 2.05) is 13.8 Å². The van der Waals surface area contributed by atoms with Gasteiger partial charge in [-0.3, -0.25) is 0 Å². The lowest BCUT2D eigenvalue weighted by Crippen LogP contribution is -2.36. The molecule has 2 unspecified atom stereocenters. The van der Waals surface area contributed by atoms with Gasteiger partial charge in [-0.05, 0) is 53.9 Å². The van der Waals surface area contributed by atoms with E-state index in [0.29, 0.717) is 17.5 Å². The van der Waals surface area contributed by atoms with Gasteiger partial charge < -0.3 is 10.5 Å². The number of nitrogens with two attached hydrogens (primary N) is 1. The van der Waals surface area contributed by atoms with Gasteiger partial charge in [0.05, 0.1) is 10.6 Å². The first-order valence-electron chi connectivity index (χ1n) is 5.35. The molecule has 0 bridgehead atoms. The molecule has 0 fully saturated rings. The molecule has 2 N–H and O–H groups in total. The fraction of sp³-hybridized carbons (Fsp3) is 0.500. The zero-order valence-electron chi connectivity index (χ0n) is 9.54. The highest BCUT2D eigenvalue weighted by molar-refractivity contribution is 9.10. The molecule has 0 aliphatic rings. The van der Waals surface area contributed by atoms with Crippen molar-refractivity contribution >= 4 is 15.9 Å². The molecule has 16 heavy (non-hydrogen) atoms. The molecular formula is C12H17BrFNO. The summed E-state index contributed by atoms with van der Waals surface area (Å²) in [6.07, 6.45) is 0.689. The first-order valence-corrected chi connectivity index (χ1v) is 6.15. The molecule has 0 radical (unpaired) electrons. The molecule has 1 rings (SSSR count). The highest BCUT2D eigenvalue weighted by Crippen LogP contribution is 2.18. The number of hydrogen-bond acceptors (Lipinski definition) is 2. The molecule has 0 saturated carbocycles. The lowest BCUT2D eigenvalue weighted by Gasteiger charge is -2.19. The van der Waals surface area contributed by atoms with Crippen LogP contribution >= 0.6 is 15.9 Å². The van der Waals surface area contributed by atoms with Gasteiger partial charge in [0.15, 0.2) is 0 Å². The monoisotopic (exact) mass is 289 g/mol. The highest BCUT2D eigenvalue weighted by atomic mass is 79.9. The summed E-state index contributed by atoms with van der Waals surface area (Å²) in [6.45, 7) is 4.55. The molecule has 0 aliphatic heterocycles. The third-order valence-electron chi connectivity index (χ3n) is 2.49. The topological polar surface area (TPSA) is 35.2 Å². The molecule has 1 aromatic carbocycles. The average Bonchev–Trinajstić information content (AvgIpc) is 2.24. The van der Waals surface area contributed by atoms with Gasteiger partial charge >= 0.3 is 0 Å². The second-order valence-corrected chi connectivity index (χ2v) is 4.63. The van der Waals surface area contributed by atoms with Crippen LogP contribution in [0, 0.1) is 5.82 Å². The van der Waals surface area contributed by atoms with Crippen LogP contribution in [-0.2, 0) is 11.2 Å². The molecule has 2 nitrogen and oxygen atoms in total. The van der Waals surface area contributed by atoms with Crippen molar-refractivity contribution in [1.82, 2.24) is 0 Å². The minimum absolute atomic E-state index is 0.00817. The Morgan fingerprint density at radius 2 is 2.19 bits per heavy atom. The maximum absolute atomic E-state index is 13.0. The number of rotatable bonds is 5. The Kier molecular flexibility index (Phi) is 5.38. The summed E-state index contributed by atoms with van der Waals surface area (Å²) in [6, 6.07) is 4.88. The van der Waals surface area contributed by atoms with Crippen LogP contribution in [0.4, 0.5) is 4.39 Å². The van der Waals surface area contributed by atoms with Crippen LogP contribution in [-0.4, -0.2) is 18.8 Å². The largest absolute Gasteiger partial charge is 0.377 e. The summed E-state index contributed by atoms with van der Waals surface area (Å²) in [7, 11) is 0. The highest BCUT2D eigenvalue weighted by Gasteiger charge is 2.13. The molecule has 0 heterocycles. The molecule has 0 spiro atoms. The summed E-state index contributed by atoms with van der Waals surface area (Å²) in [4.78, 5) is 0. The van der Waals surface area contributed by atoms with E-state index < -0.39 is 0 Å². The standard InChI is InChI=1S/C12H17BrFNO/c1-3-16-8(2)12(15)7-9-4-5-11(14)10(13)6-9/h4-6,8,12H,3,7,15H2,1-2H3. The maximum Gasteiger partial charge on any atom is 0.137 e. The number of halogens is 2. The van der Waals surface area contributed by atoms with Crippen molar-refractivity contribution in [3.05, 3.63) is 34.1 Å². The van der Waals surface area contributed by atoms with Crippen molar-refractivity contribution in [2.45, 2.75) is 32.4 Å². The van der Waals surface area contributed by atoms with Crippen molar-refractivity contribution in [1.29, 1.82) is 0 Å². The molecule has 2 atom stereocenters. The van der Waals surface area contributed by atoms with Crippen LogP contribution in [0.5, 0.6) is 0 Å². The van der Waals surface area contributed by atoms with Crippen molar-refractivity contribution in [2.75, 3.05) is 6.61 Å². The van der Waals surface area contributed by atoms with Crippen LogP contribution in [0.15, 0.2) is 22.7 Å². The van der Waals surface area contributed by atoms with E-state index in [-0.39, 0.29) is 18.0 Å². The van der Waals surface area contributed by atoms with Crippen LogP contribution < -0.4 is 5.73 Å². The number of hydrogen-bond donors (Lipinski definition) is 1. The fourth-order valence-corrected chi connectivity index (χ4v) is 1.92.